The van der Waals surface area contributed by atoms with Gasteiger partial charge in [-0.1, -0.05) is 60.3 Å². The van der Waals surface area contributed by atoms with Gasteiger partial charge in [-0.05, 0) is 91.9 Å². The first-order chi connectivity index (χ1) is 23.2. The average molecular weight is 700 g/mol. The van der Waals surface area contributed by atoms with E-state index in [0.717, 1.165) is 61.8 Å². The van der Waals surface area contributed by atoms with Crippen LogP contribution in [0.15, 0.2) is 77.7 Å². The van der Waals surface area contributed by atoms with Gasteiger partial charge in [0.2, 0.25) is 0 Å². The van der Waals surface area contributed by atoms with Crippen LogP contribution in [0.1, 0.15) is 49.8 Å². The van der Waals surface area contributed by atoms with E-state index in [0.29, 0.717) is 24.4 Å². The summed E-state index contributed by atoms with van der Waals surface area (Å²) >= 11 is 6.40. The Morgan fingerprint density at radius 1 is 1.02 bits per heavy atom. The van der Waals surface area contributed by atoms with E-state index in [4.69, 9.17) is 25.9 Å². The molecule has 6 aromatic rings. The average Bonchev–Trinajstić information content (AvgIpc) is 3.75. The first-order valence-corrected chi connectivity index (χ1v) is 17.7. The standard InChI is InChI=1S/C31H27ClFN3O2.C7H8O3S/c1-31(2,37)15-18-5-7-22-24(11-18)25-14-21(38-10-9-17-3-4-17)6-8-23(25)29-28(22)35-30(36-29)27-19(16-34)12-20(33)13-26(27)32;1-6-2-4-7(5-3-6)11(8,9)10/h5-8,11-14,17,37H,3-4,9-10,15H2,1-2H3,(H,35,36);2-5H,1H3,(H,8,9,10). The van der Waals surface area contributed by atoms with Crippen LogP contribution >= 0.6 is 11.6 Å². The monoisotopic (exact) mass is 699 g/mol. The second-order valence-electron chi connectivity index (χ2n) is 13.2. The van der Waals surface area contributed by atoms with Gasteiger partial charge >= 0.3 is 0 Å². The zero-order valence-corrected chi connectivity index (χ0v) is 28.8. The number of H-pyrrole nitrogens is 1. The molecule has 0 amide bonds. The van der Waals surface area contributed by atoms with Crippen LogP contribution in [0.3, 0.4) is 0 Å². The number of hydrogen-bond acceptors (Lipinski definition) is 6. The molecular formula is C38H35ClFN3O5S. The van der Waals surface area contributed by atoms with Crippen LogP contribution in [0, 0.1) is 30.0 Å². The Hall–Kier alpha value is -4.53. The Kier molecular flexibility index (Phi) is 9.40. The molecule has 7 rings (SSSR count). The van der Waals surface area contributed by atoms with Crippen LogP contribution in [0.4, 0.5) is 4.39 Å². The number of hydrogen-bond donors (Lipinski definition) is 3. The number of aryl methyl sites for hydroxylation is 1. The number of aromatic nitrogens is 2. The molecule has 252 valence electrons. The number of imidazole rings is 1. The van der Waals surface area contributed by atoms with Crippen molar-refractivity contribution in [2.45, 2.75) is 57.0 Å². The molecule has 0 saturated heterocycles. The quantitative estimate of drug-likeness (QED) is 0.107. The fourth-order valence-corrected chi connectivity index (χ4v) is 6.70. The van der Waals surface area contributed by atoms with E-state index in [1.54, 1.807) is 26.0 Å². The van der Waals surface area contributed by atoms with Crippen LogP contribution in [-0.2, 0) is 16.5 Å². The SMILES string of the molecule is CC(C)(O)Cc1ccc2c(c1)c1cc(OCCC3CC3)ccc1c1nc(-c3c(Cl)cc(F)cc3C#N)[nH]c21.Cc1ccc(S(=O)(=O)O)cc1. The molecule has 0 unspecified atom stereocenters. The minimum atomic E-state index is -4.02. The minimum absolute atomic E-state index is 0.0666. The Labute approximate surface area is 288 Å². The first kappa shape index (κ1) is 34.3. The van der Waals surface area contributed by atoms with Crippen molar-refractivity contribution in [1.82, 2.24) is 9.97 Å². The number of aromatic amines is 1. The van der Waals surface area contributed by atoms with E-state index in [1.807, 2.05) is 37.3 Å². The number of benzene rings is 5. The van der Waals surface area contributed by atoms with Gasteiger partial charge in [-0.15, -0.1) is 0 Å². The summed E-state index contributed by atoms with van der Waals surface area (Å²) in [4.78, 5) is 8.17. The summed E-state index contributed by atoms with van der Waals surface area (Å²) in [6.07, 6.45) is 4.16. The number of nitrogens with one attached hydrogen (secondary N) is 1. The Morgan fingerprint density at radius 2 is 1.71 bits per heavy atom. The number of nitrogens with zero attached hydrogens (tertiary/aromatic N) is 2. The number of fused-ring (bicyclic) bond motifs is 6. The highest BCUT2D eigenvalue weighted by Crippen LogP contribution is 2.40. The number of aliphatic hydroxyl groups is 1. The van der Waals surface area contributed by atoms with Gasteiger partial charge in [0.15, 0.2) is 0 Å². The minimum Gasteiger partial charge on any atom is -0.494 e. The summed E-state index contributed by atoms with van der Waals surface area (Å²) < 4.78 is 49.6. The van der Waals surface area contributed by atoms with Crippen molar-refractivity contribution in [2.24, 2.45) is 5.92 Å². The molecule has 0 aliphatic heterocycles. The Morgan fingerprint density at radius 3 is 2.37 bits per heavy atom. The van der Waals surface area contributed by atoms with Crippen molar-refractivity contribution < 1.29 is 27.2 Å². The smallest absolute Gasteiger partial charge is 0.294 e. The fourth-order valence-electron chi connectivity index (χ4n) is 5.93. The van der Waals surface area contributed by atoms with E-state index >= 15 is 0 Å². The molecule has 0 spiro atoms. The van der Waals surface area contributed by atoms with Gasteiger partial charge in [0, 0.05) is 17.2 Å². The normalized spacial score (nSPS) is 13.3. The van der Waals surface area contributed by atoms with Crippen LogP contribution in [0.2, 0.25) is 5.02 Å². The summed E-state index contributed by atoms with van der Waals surface area (Å²) in [5.74, 6) is 1.42. The molecule has 1 heterocycles. The van der Waals surface area contributed by atoms with Crippen molar-refractivity contribution in [3.63, 3.8) is 0 Å². The predicted octanol–water partition coefficient (Wildman–Crippen LogP) is 8.93. The molecule has 5 aromatic carbocycles. The molecule has 1 aromatic heterocycles. The molecule has 3 N–H and O–H groups in total. The highest BCUT2D eigenvalue weighted by molar-refractivity contribution is 7.85. The van der Waals surface area contributed by atoms with E-state index in [1.165, 1.54) is 37.1 Å². The molecule has 0 atom stereocenters. The van der Waals surface area contributed by atoms with Gasteiger partial charge in [0.05, 0.1) is 44.3 Å². The summed E-state index contributed by atoms with van der Waals surface area (Å²) in [6, 6.07) is 22.5. The zero-order chi connectivity index (χ0) is 35.1. The Bertz CT molecular complexity index is 2360. The molecule has 1 aliphatic carbocycles. The van der Waals surface area contributed by atoms with Gasteiger partial charge in [-0.2, -0.15) is 13.7 Å². The number of nitriles is 1. The summed E-state index contributed by atoms with van der Waals surface area (Å²) in [6.45, 7) is 6.12. The van der Waals surface area contributed by atoms with Crippen LogP contribution in [0.5, 0.6) is 5.75 Å². The van der Waals surface area contributed by atoms with E-state index in [-0.39, 0.29) is 15.5 Å². The fraction of sp³-hybridized carbons (Fsp3) is 0.263. The third-order valence-corrected chi connectivity index (χ3v) is 9.62. The molecular weight excluding hydrogens is 665 g/mol. The van der Waals surface area contributed by atoms with Crippen molar-refractivity contribution in [3.8, 4) is 23.2 Å². The largest absolute Gasteiger partial charge is 0.494 e. The third kappa shape index (κ3) is 7.87. The van der Waals surface area contributed by atoms with Crippen LogP contribution < -0.4 is 4.74 Å². The lowest BCUT2D eigenvalue weighted by Gasteiger charge is -2.18. The van der Waals surface area contributed by atoms with Gasteiger partial charge < -0.3 is 14.8 Å². The second kappa shape index (κ2) is 13.4. The first-order valence-electron chi connectivity index (χ1n) is 15.9. The summed E-state index contributed by atoms with van der Waals surface area (Å²) in [5, 5.41) is 24.1. The predicted molar refractivity (Wildman–Crippen MR) is 190 cm³/mol. The lowest BCUT2D eigenvalue weighted by molar-refractivity contribution is 0.0810. The number of ether oxygens (including phenoxy) is 1. The van der Waals surface area contributed by atoms with Gasteiger partial charge in [-0.25, -0.2) is 9.37 Å². The maximum Gasteiger partial charge on any atom is 0.294 e. The van der Waals surface area contributed by atoms with Crippen LogP contribution in [-0.4, -0.2) is 40.3 Å². The number of rotatable bonds is 8. The highest BCUT2D eigenvalue weighted by Gasteiger charge is 2.22. The second-order valence-corrected chi connectivity index (χ2v) is 15.0. The maximum atomic E-state index is 14.0. The van der Waals surface area contributed by atoms with Crippen molar-refractivity contribution in [3.05, 3.63) is 100 Å². The molecule has 49 heavy (non-hydrogen) atoms. The van der Waals surface area contributed by atoms with Crippen LogP contribution in [0.25, 0.3) is 44.0 Å². The molecule has 11 heteroatoms. The lowest BCUT2D eigenvalue weighted by atomic mass is 9.93. The molecule has 0 radical (unpaired) electrons. The molecule has 1 fully saturated rings. The Balaban J connectivity index is 0.000000324. The van der Waals surface area contributed by atoms with Gasteiger partial charge in [-0.3, -0.25) is 4.55 Å². The zero-order valence-electron chi connectivity index (χ0n) is 27.2. The van der Waals surface area contributed by atoms with Crippen molar-refractivity contribution in [1.29, 1.82) is 5.26 Å². The molecule has 0 bridgehead atoms. The molecule has 8 nitrogen and oxygen atoms in total. The van der Waals surface area contributed by atoms with Crippen molar-refractivity contribution in [2.75, 3.05) is 6.61 Å². The summed E-state index contributed by atoms with van der Waals surface area (Å²) in [5.41, 5.74) is 3.12. The summed E-state index contributed by atoms with van der Waals surface area (Å²) in [7, 11) is -4.02. The van der Waals surface area contributed by atoms with Gasteiger partial charge in [0.1, 0.15) is 23.5 Å². The van der Waals surface area contributed by atoms with Gasteiger partial charge in [0.25, 0.3) is 10.1 Å². The third-order valence-electron chi connectivity index (χ3n) is 8.45. The molecule has 1 aliphatic rings. The van der Waals surface area contributed by atoms with Crippen molar-refractivity contribution >= 4 is 54.3 Å². The lowest BCUT2D eigenvalue weighted by Crippen LogP contribution is -2.21. The highest BCUT2D eigenvalue weighted by atomic mass is 35.5. The maximum absolute atomic E-state index is 14.0. The van der Waals surface area contributed by atoms with E-state index < -0.39 is 21.5 Å². The van der Waals surface area contributed by atoms with E-state index in [9.17, 15) is 23.2 Å². The molecule has 1 saturated carbocycles. The number of halogens is 2. The van der Waals surface area contributed by atoms with E-state index in [2.05, 4.69) is 17.1 Å². The topological polar surface area (TPSA) is 136 Å².